The van der Waals surface area contributed by atoms with Crippen LogP contribution in [-0.4, -0.2) is 13.5 Å². The molecule has 1 aromatic heterocycles. The molecule has 2 heterocycles. The van der Waals surface area contributed by atoms with E-state index in [4.69, 9.17) is 4.57 Å². The average Bonchev–Trinajstić information content (AvgIpc) is 2.21. The quantitative estimate of drug-likeness (QED) is 0.613. The maximum Gasteiger partial charge on any atom is 0.331 e. The van der Waals surface area contributed by atoms with Crippen molar-refractivity contribution in [3.05, 3.63) is 54.3 Å². The van der Waals surface area contributed by atoms with E-state index in [9.17, 15) is 0 Å². The summed E-state index contributed by atoms with van der Waals surface area (Å²) in [6.45, 7) is 0.383. The molecule has 1 aliphatic rings. The van der Waals surface area contributed by atoms with E-state index in [1.54, 1.807) is 0 Å². The van der Waals surface area contributed by atoms with E-state index in [1.165, 1.54) is 0 Å². The molecule has 2 rings (SSSR count). The second kappa shape index (κ2) is 4.13. The number of allylic oxidation sites excluding steroid dienone is 3. The Morgan fingerprint density at radius 1 is 1.08 bits per heavy atom. The molecule has 0 atom stereocenters. The minimum absolute atomic E-state index is 0.145. The first kappa shape index (κ1) is 8.36. The van der Waals surface area contributed by atoms with Crippen LogP contribution in [0.4, 0.5) is 0 Å². The summed E-state index contributed by atoms with van der Waals surface area (Å²) < 4.78 is 5.80. The monoisotopic (exact) mass is 169 g/mol. The smallest absolute Gasteiger partial charge is 0.331 e. The first-order chi connectivity index (χ1) is 6.45. The van der Waals surface area contributed by atoms with E-state index < -0.39 is 0 Å². The molecule has 64 valence electrons. The van der Waals surface area contributed by atoms with Crippen molar-refractivity contribution in [2.75, 3.05) is 0 Å². The number of hydrogen-bond donors (Lipinski definition) is 0. The van der Waals surface area contributed by atoms with Crippen LogP contribution in [0.1, 0.15) is 0 Å². The first-order valence-electron chi connectivity index (χ1n) is 4.62. The first-order valence-corrected chi connectivity index (χ1v) is 4.62. The molecule has 0 N–H and O–H groups in total. The Morgan fingerprint density at radius 3 is 2.62 bits per heavy atom. The molecular weight excluding hydrogens is 158 g/mol. The molecule has 1 aliphatic heterocycles. The van der Waals surface area contributed by atoms with Gasteiger partial charge in [0.25, 0.3) is 0 Å². The maximum atomic E-state index is 5.80. The van der Waals surface area contributed by atoms with Crippen molar-refractivity contribution in [2.24, 2.45) is 0 Å². The molecule has 0 bridgehead atoms. The topological polar surface area (TPSA) is 9.23 Å². The molecule has 0 amide bonds. The van der Waals surface area contributed by atoms with Gasteiger partial charge in [-0.1, -0.05) is 30.3 Å². The summed E-state index contributed by atoms with van der Waals surface area (Å²) in [6.07, 6.45) is 7.21. The fourth-order valence-corrected chi connectivity index (χ4v) is 1.43. The molecular formula is C10H11B2O-. The van der Waals surface area contributed by atoms with E-state index in [1.807, 2.05) is 24.3 Å². The van der Waals surface area contributed by atoms with Gasteiger partial charge < -0.3 is 4.57 Å². The van der Waals surface area contributed by atoms with Gasteiger partial charge in [0, 0.05) is 6.55 Å². The highest BCUT2D eigenvalue weighted by atomic mass is 16.4. The zero-order valence-electron chi connectivity index (χ0n) is 7.47. The Labute approximate surface area is 79.3 Å². The van der Waals surface area contributed by atoms with Gasteiger partial charge in [-0.2, -0.15) is 0 Å². The van der Waals surface area contributed by atoms with Crippen molar-refractivity contribution in [2.45, 2.75) is 6.32 Å². The fourth-order valence-electron chi connectivity index (χ4n) is 1.43. The summed E-state index contributed by atoms with van der Waals surface area (Å²) in [6, 6.07) is 6.05. The van der Waals surface area contributed by atoms with Crippen molar-refractivity contribution >= 4 is 13.5 Å². The normalized spacial score (nSPS) is 14.6. The lowest BCUT2D eigenvalue weighted by atomic mass is 9.60. The number of hydrogen-bond acceptors (Lipinski definition) is 1. The van der Waals surface area contributed by atoms with Gasteiger partial charge in [-0.15, -0.1) is 12.1 Å². The number of rotatable bonds is 2. The lowest BCUT2D eigenvalue weighted by Crippen LogP contribution is -2.28. The molecule has 0 radical (unpaired) electrons. The molecule has 1 aromatic rings. The van der Waals surface area contributed by atoms with Crippen molar-refractivity contribution in [1.82, 2.24) is 0 Å². The highest BCUT2D eigenvalue weighted by Gasteiger charge is 2.07. The van der Waals surface area contributed by atoms with Crippen LogP contribution in [0.5, 0.6) is 0 Å². The van der Waals surface area contributed by atoms with Crippen LogP contribution in [0.25, 0.3) is 0 Å². The summed E-state index contributed by atoms with van der Waals surface area (Å²) in [5, 5.41) is 0. The van der Waals surface area contributed by atoms with E-state index in [0.717, 1.165) is 6.32 Å². The van der Waals surface area contributed by atoms with Gasteiger partial charge in [0.15, 0.2) is 0 Å². The van der Waals surface area contributed by atoms with E-state index >= 15 is 0 Å². The van der Waals surface area contributed by atoms with Gasteiger partial charge in [0.1, 0.15) is 0 Å². The third-order valence-corrected chi connectivity index (χ3v) is 2.10. The van der Waals surface area contributed by atoms with Gasteiger partial charge in [0.05, 0.1) is 0 Å². The van der Waals surface area contributed by atoms with Crippen LogP contribution in [0, 0.1) is 0 Å². The van der Waals surface area contributed by atoms with Gasteiger partial charge in [-0.05, 0) is 6.32 Å². The lowest BCUT2D eigenvalue weighted by molar-refractivity contribution is 0.710. The Balaban J connectivity index is 1.99. The zero-order valence-corrected chi connectivity index (χ0v) is 7.47. The molecule has 0 aromatic carbocycles. The third kappa shape index (κ3) is 2.35. The zero-order chi connectivity index (χ0) is 8.93. The second-order valence-corrected chi connectivity index (χ2v) is 3.15. The van der Waals surface area contributed by atoms with Gasteiger partial charge in [0.2, 0.25) is 0 Å². The summed E-state index contributed by atoms with van der Waals surface area (Å²) in [5.41, 5.74) is 0. The van der Waals surface area contributed by atoms with Gasteiger partial charge >= 0.3 is 6.92 Å². The molecule has 1 nitrogen and oxygen atoms in total. The molecule has 0 spiro atoms. The highest BCUT2D eigenvalue weighted by molar-refractivity contribution is 6.67. The van der Waals surface area contributed by atoms with Gasteiger partial charge in [-0.3, -0.25) is 0 Å². The predicted octanol–water partition coefficient (Wildman–Crippen LogP) is 1.80. The minimum atomic E-state index is 0.145. The predicted molar refractivity (Wildman–Crippen MR) is 57.8 cm³/mol. The molecule has 13 heavy (non-hydrogen) atoms. The molecule has 0 aliphatic carbocycles. The Kier molecular flexibility index (Phi) is 2.65. The third-order valence-electron chi connectivity index (χ3n) is 2.10. The van der Waals surface area contributed by atoms with Crippen LogP contribution in [0.3, 0.4) is 0 Å². The summed E-state index contributed by atoms with van der Waals surface area (Å²) in [7, 11) is 0. The van der Waals surface area contributed by atoms with Crippen molar-refractivity contribution in [1.29, 1.82) is 0 Å². The summed E-state index contributed by atoms with van der Waals surface area (Å²) in [4.78, 5) is 0. The summed E-state index contributed by atoms with van der Waals surface area (Å²) >= 11 is 0. The standard InChI is InChI=1S/C10H11B2O/c1-3-7-11(8-4-1)13-12-9-5-2-6-10-12/h1-9H,10H2/q-1. The largest absolute Gasteiger partial charge is 0.824 e. The second-order valence-electron chi connectivity index (χ2n) is 3.15. The highest BCUT2D eigenvalue weighted by Crippen LogP contribution is 2.01. The van der Waals surface area contributed by atoms with E-state index in [-0.39, 0.29) is 13.5 Å². The van der Waals surface area contributed by atoms with Crippen molar-refractivity contribution in [3.63, 3.8) is 0 Å². The maximum absolute atomic E-state index is 5.80. The summed E-state index contributed by atoms with van der Waals surface area (Å²) in [5.74, 6) is 6.22. The SMILES string of the molecule is C1=CCB(O[b-]2ccccc2)C=C1. The lowest BCUT2D eigenvalue weighted by Gasteiger charge is -2.24. The molecule has 0 unspecified atom stereocenters. The van der Waals surface area contributed by atoms with Crippen LogP contribution in [-0.2, 0) is 0 Å². The van der Waals surface area contributed by atoms with E-state index in [2.05, 4.69) is 30.1 Å². The molecule has 0 fully saturated rings. The Morgan fingerprint density at radius 2 is 1.92 bits per heavy atom. The van der Waals surface area contributed by atoms with Crippen molar-refractivity contribution in [3.8, 4) is 0 Å². The average molecular weight is 169 g/mol. The van der Waals surface area contributed by atoms with Crippen LogP contribution >= 0.6 is 0 Å². The molecule has 0 saturated carbocycles. The Bertz CT molecular complexity index is 319. The van der Waals surface area contributed by atoms with Gasteiger partial charge in [-0.25, -0.2) is 11.9 Å². The fraction of sp³-hybridized carbons (Fsp3) is 0.100. The van der Waals surface area contributed by atoms with E-state index in [0.29, 0.717) is 0 Å². The molecule has 0 saturated heterocycles. The van der Waals surface area contributed by atoms with Crippen LogP contribution in [0.15, 0.2) is 54.3 Å². The Hall–Kier alpha value is -1.24. The van der Waals surface area contributed by atoms with Crippen LogP contribution in [0.2, 0.25) is 6.32 Å². The van der Waals surface area contributed by atoms with Crippen LogP contribution < -0.4 is 4.57 Å². The minimum Gasteiger partial charge on any atom is -0.824 e. The molecule has 3 heteroatoms. The van der Waals surface area contributed by atoms with Crippen molar-refractivity contribution < 1.29 is 4.57 Å².